The third kappa shape index (κ3) is 6.72. The second-order valence-electron chi connectivity index (χ2n) is 7.56. The van der Waals surface area contributed by atoms with E-state index in [1.165, 1.54) is 5.52 Å². The number of para-hydroxylation sites is 2. The van der Waals surface area contributed by atoms with Crippen molar-refractivity contribution < 1.29 is 9.47 Å². The minimum Gasteiger partial charge on any atom is -0.381 e. The molecular weight excluding hydrogens is 366 g/mol. The average molecular weight is 402 g/mol. The van der Waals surface area contributed by atoms with Crippen LogP contribution in [0.5, 0.6) is 0 Å². The van der Waals surface area contributed by atoms with Crippen LogP contribution < -0.4 is 10.6 Å². The topological polar surface area (TPSA) is 72.7 Å². The van der Waals surface area contributed by atoms with Crippen LogP contribution in [0.1, 0.15) is 31.5 Å². The van der Waals surface area contributed by atoms with E-state index < -0.39 is 0 Å². The number of fused-ring (bicyclic) bond motifs is 1. The first-order valence-corrected chi connectivity index (χ1v) is 10.8. The molecule has 1 aliphatic heterocycles. The Balaban J connectivity index is 1.27. The molecule has 29 heavy (non-hydrogen) atoms. The van der Waals surface area contributed by atoms with E-state index in [4.69, 9.17) is 9.47 Å². The molecule has 7 heteroatoms. The molecule has 7 nitrogen and oxygen atoms in total. The summed E-state index contributed by atoms with van der Waals surface area (Å²) in [6.45, 7) is 8.15. The zero-order valence-corrected chi connectivity index (χ0v) is 17.8. The van der Waals surface area contributed by atoms with Gasteiger partial charge in [-0.15, -0.1) is 0 Å². The highest BCUT2D eigenvalue weighted by molar-refractivity contribution is 5.79. The molecule has 0 unspecified atom stereocenters. The molecule has 1 aliphatic rings. The van der Waals surface area contributed by atoms with Crippen molar-refractivity contribution in [3.05, 3.63) is 30.1 Å². The van der Waals surface area contributed by atoms with Gasteiger partial charge in [0.15, 0.2) is 5.96 Å². The number of hydrogen-bond acceptors (Lipinski definition) is 4. The summed E-state index contributed by atoms with van der Waals surface area (Å²) in [6.07, 6.45) is 4.24. The van der Waals surface area contributed by atoms with E-state index >= 15 is 0 Å². The molecule has 0 spiro atoms. The van der Waals surface area contributed by atoms with Crippen LogP contribution in [0.4, 0.5) is 0 Å². The standard InChI is InChI=1S/C22H35N5O2/c1-18-26-20-7-3-4-8-21(20)27(18)13-5-11-24-22(23-2)25-12-6-14-29-17-19-9-15-28-16-10-19/h3-4,7-8,19H,5-6,9-17H2,1-2H3,(H2,23,24,25). The Morgan fingerprint density at radius 2 is 1.97 bits per heavy atom. The van der Waals surface area contributed by atoms with Crippen LogP contribution in [-0.2, 0) is 16.0 Å². The van der Waals surface area contributed by atoms with Gasteiger partial charge in [-0.1, -0.05) is 12.1 Å². The molecule has 1 aromatic carbocycles. The minimum atomic E-state index is 0.669. The highest BCUT2D eigenvalue weighted by Gasteiger charge is 2.13. The predicted octanol–water partition coefficient (Wildman–Crippen LogP) is 2.73. The largest absolute Gasteiger partial charge is 0.381 e. The summed E-state index contributed by atoms with van der Waals surface area (Å²) in [6, 6.07) is 8.30. The summed E-state index contributed by atoms with van der Waals surface area (Å²) in [5.41, 5.74) is 2.27. The van der Waals surface area contributed by atoms with Gasteiger partial charge in [0.2, 0.25) is 0 Å². The van der Waals surface area contributed by atoms with E-state index in [0.29, 0.717) is 5.92 Å². The lowest BCUT2D eigenvalue weighted by atomic mass is 10.0. The Morgan fingerprint density at radius 3 is 2.76 bits per heavy atom. The van der Waals surface area contributed by atoms with Crippen molar-refractivity contribution in [1.82, 2.24) is 20.2 Å². The zero-order chi connectivity index (χ0) is 20.3. The molecule has 0 bridgehead atoms. The number of rotatable bonds is 10. The number of aliphatic imine (C=N–C) groups is 1. The number of ether oxygens (including phenoxy) is 2. The van der Waals surface area contributed by atoms with Crippen molar-refractivity contribution in [2.75, 3.05) is 46.6 Å². The molecule has 1 saturated heterocycles. The number of nitrogens with one attached hydrogen (secondary N) is 2. The molecule has 2 heterocycles. The maximum absolute atomic E-state index is 5.81. The summed E-state index contributed by atoms with van der Waals surface area (Å²) in [5.74, 6) is 2.58. The van der Waals surface area contributed by atoms with Crippen molar-refractivity contribution >= 4 is 17.0 Å². The molecule has 160 valence electrons. The van der Waals surface area contributed by atoms with Gasteiger partial charge < -0.3 is 24.7 Å². The number of aromatic nitrogens is 2. The lowest BCUT2D eigenvalue weighted by Crippen LogP contribution is -2.38. The molecular formula is C22H35N5O2. The molecule has 2 aromatic rings. The SMILES string of the molecule is CN=C(NCCCOCC1CCOCC1)NCCCn1c(C)nc2ccccc21. The van der Waals surface area contributed by atoms with Crippen LogP contribution in [0.25, 0.3) is 11.0 Å². The second kappa shape index (κ2) is 11.8. The molecule has 0 amide bonds. The third-order valence-corrected chi connectivity index (χ3v) is 5.37. The highest BCUT2D eigenvalue weighted by atomic mass is 16.5. The molecule has 2 N–H and O–H groups in total. The summed E-state index contributed by atoms with van der Waals surface area (Å²) in [5, 5.41) is 6.75. The lowest BCUT2D eigenvalue weighted by Gasteiger charge is -2.21. The fourth-order valence-electron chi connectivity index (χ4n) is 3.69. The van der Waals surface area contributed by atoms with Crippen LogP contribution in [0, 0.1) is 12.8 Å². The van der Waals surface area contributed by atoms with Gasteiger partial charge in [-0.25, -0.2) is 4.98 Å². The van der Waals surface area contributed by atoms with Crippen LogP contribution >= 0.6 is 0 Å². The molecule has 0 radical (unpaired) electrons. The molecule has 0 aliphatic carbocycles. The molecule has 0 saturated carbocycles. The lowest BCUT2D eigenvalue weighted by molar-refractivity contribution is 0.0203. The third-order valence-electron chi connectivity index (χ3n) is 5.37. The Bertz CT molecular complexity index is 768. The summed E-state index contributed by atoms with van der Waals surface area (Å²) in [4.78, 5) is 8.93. The fourth-order valence-corrected chi connectivity index (χ4v) is 3.69. The fraction of sp³-hybridized carbons (Fsp3) is 0.636. The average Bonchev–Trinajstić information content (AvgIpc) is 3.07. The Morgan fingerprint density at radius 1 is 1.21 bits per heavy atom. The smallest absolute Gasteiger partial charge is 0.190 e. The van der Waals surface area contributed by atoms with Gasteiger partial charge in [-0.05, 0) is 50.7 Å². The monoisotopic (exact) mass is 401 g/mol. The first-order chi connectivity index (χ1) is 14.3. The summed E-state index contributed by atoms with van der Waals surface area (Å²) in [7, 11) is 1.81. The number of aryl methyl sites for hydroxylation is 2. The first kappa shape index (κ1) is 21.6. The second-order valence-corrected chi connectivity index (χ2v) is 7.56. The maximum Gasteiger partial charge on any atom is 0.190 e. The van der Waals surface area contributed by atoms with Gasteiger partial charge in [0.25, 0.3) is 0 Å². The van der Waals surface area contributed by atoms with E-state index in [1.54, 1.807) is 0 Å². The number of nitrogens with zero attached hydrogens (tertiary/aromatic N) is 3. The van der Waals surface area contributed by atoms with Crippen LogP contribution in [0.15, 0.2) is 29.3 Å². The highest BCUT2D eigenvalue weighted by Crippen LogP contribution is 2.16. The van der Waals surface area contributed by atoms with Gasteiger partial charge in [0.05, 0.1) is 11.0 Å². The van der Waals surface area contributed by atoms with E-state index in [9.17, 15) is 0 Å². The number of imidazole rings is 1. The van der Waals surface area contributed by atoms with Crippen molar-refractivity contribution in [3.63, 3.8) is 0 Å². The van der Waals surface area contributed by atoms with Gasteiger partial charge in [-0.2, -0.15) is 0 Å². The van der Waals surface area contributed by atoms with E-state index in [2.05, 4.69) is 50.3 Å². The number of benzene rings is 1. The maximum atomic E-state index is 5.81. The normalized spacial score (nSPS) is 15.7. The van der Waals surface area contributed by atoms with E-state index in [1.807, 2.05) is 13.1 Å². The van der Waals surface area contributed by atoms with Crippen LogP contribution in [-0.4, -0.2) is 62.1 Å². The van der Waals surface area contributed by atoms with Crippen molar-refractivity contribution in [3.8, 4) is 0 Å². The quantitative estimate of drug-likeness (QED) is 0.364. The van der Waals surface area contributed by atoms with Gasteiger partial charge >= 0.3 is 0 Å². The van der Waals surface area contributed by atoms with Crippen LogP contribution in [0.2, 0.25) is 0 Å². The predicted molar refractivity (Wildman–Crippen MR) is 117 cm³/mol. The Labute approximate surface area is 173 Å². The van der Waals surface area contributed by atoms with Crippen LogP contribution in [0.3, 0.4) is 0 Å². The van der Waals surface area contributed by atoms with Crippen molar-refractivity contribution in [2.24, 2.45) is 10.9 Å². The first-order valence-electron chi connectivity index (χ1n) is 10.8. The van der Waals surface area contributed by atoms with Crippen molar-refractivity contribution in [2.45, 2.75) is 39.2 Å². The number of hydrogen-bond donors (Lipinski definition) is 2. The molecule has 3 rings (SSSR count). The molecule has 0 atom stereocenters. The Kier molecular flexibility index (Phi) is 8.77. The van der Waals surface area contributed by atoms with Gasteiger partial charge in [-0.3, -0.25) is 4.99 Å². The molecule has 1 aromatic heterocycles. The van der Waals surface area contributed by atoms with Gasteiger partial charge in [0.1, 0.15) is 5.82 Å². The molecule has 1 fully saturated rings. The van der Waals surface area contributed by atoms with E-state index in [0.717, 1.165) is 89.0 Å². The Hall–Kier alpha value is -2.12. The summed E-state index contributed by atoms with van der Waals surface area (Å²) >= 11 is 0. The minimum absolute atomic E-state index is 0.669. The summed E-state index contributed by atoms with van der Waals surface area (Å²) < 4.78 is 13.5. The van der Waals surface area contributed by atoms with E-state index in [-0.39, 0.29) is 0 Å². The zero-order valence-electron chi connectivity index (χ0n) is 17.8. The number of guanidine groups is 1. The van der Waals surface area contributed by atoms with Gasteiger partial charge in [0, 0.05) is 53.1 Å². The van der Waals surface area contributed by atoms with Crippen molar-refractivity contribution in [1.29, 1.82) is 0 Å².